The molecule has 18 nitrogen and oxygen atoms in total. The lowest BCUT2D eigenvalue weighted by Gasteiger charge is -2.16. The second kappa shape index (κ2) is 10.4. The molecule has 0 radical (unpaired) electrons. The fourth-order valence-corrected chi connectivity index (χ4v) is 3.27. The van der Waals surface area contributed by atoms with E-state index in [9.17, 15) is 34.8 Å². The van der Waals surface area contributed by atoms with E-state index < -0.39 is 79.2 Å². The molecule has 34 heavy (non-hydrogen) atoms. The number of rotatable bonds is 4. The van der Waals surface area contributed by atoms with Crippen LogP contribution in [0.3, 0.4) is 0 Å². The molecule has 4 rings (SSSR count). The fourth-order valence-electron chi connectivity index (χ4n) is 3.27. The van der Waals surface area contributed by atoms with Gasteiger partial charge in [-0.25, -0.2) is 14.6 Å². The van der Waals surface area contributed by atoms with Crippen molar-refractivity contribution in [2.45, 2.75) is 49.1 Å². The van der Waals surface area contributed by atoms with Crippen molar-refractivity contribution in [3.05, 3.63) is 43.8 Å². The normalized spacial score (nSPS) is 32.9. The second-order valence-corrected chi connectivity index (χ2v) is 7.25. The van der Waals surface area contributed by atoms with E-state index in [-0.39, 0.29) is 5.95 Å². The number of aromatic nitrogens is 6. The lowest BCUT2D eigenvalue weighted by Crippen LogP contribution is -2.39. The second-order valence-electron chi connectivity index (χ2n) is 7.25. The summed E-state index contributed by atoms with van der Waals surface area (Å²) in [5.74, 6) is -0.196. The van der Waals surface area contributed by atoms with Gasteiger partial charge in [-0.15, -0.1) is 0 Å². The molecule has 0 bridgehead atoms. The first kappa shape index (κ1) is 25.5. The van der Waals surface area contributed by atoms with Gasteiger partial charge in [0, 0.05) is 0 Å². The minimum absolute atomic E-state index is 0.196. The Balaban J connectivity index is 0.000000191. The SMILES string of the molecule is Nc1ncn([C@@H]2O[C@H](CO)[C@@H](O)[C@H]2O)c(=O)n1.O=c1cnn([C@@H]2O[C@H](CO)[C@@H](O)[C@H]2O)c(=O)[nH]1. The molecule has 2 fully saturated rings. The van der Waals surface area contributed by atoms with Crippen LogP contribution in [0.15, 0.2) is 26.9 Å². The number of ether oxygens (including phenoxy) is 2. The molecule has 0 amide bonds. The van der Waals surface area contributed by atoms with Crippen molar-refractivity contribution in [3.63, 3.8) is 0 Å². The highest BCUT2D eigenvalue weighted by atomic mass is 16.6. The van der Waals surface area contributed by atoms with Crippen LogP contribution < -0.4 is 22.7 Å². The first-order valence-corrected chi connectivity index (χ1v) is 9.72. The maximum Gasteiger partial charge on any atom is 0.354 e. The van der Waals surface area contributed by atoms with Crippen LogP contribution in [0.25, 0.3) is 0 Å². The highest BCUT2D eigenvalue weighted by molar-refractivity contribution is 5.10. The Morgan fingerprint density at radius 3 is 2.00 bits per heavy atom. The molecule has 0 unspecified atom stereocenters. The number of aliphatic hydroxyl groups excluding tert-OH is 6. The van der Waals surface area contributed by atoms with Crippen LogP contribution in [-0.4, -0.2) is 110 Å². The molecule has 0 aromatic carbocycles. The predicted molar refractivity (Wildman–Crippen MR) is 106 cm³/mol. The van der Waals surface area contributed by atoms with E-state index >= 15 is 0 Å². The number of aliphatic hydroxyl groups is 6. The van der Waals surface area contributed by atoms with Crippen molar-refractivity contribution in [1.82, 2.24) is 29.3 Å². The molecule has 4 heterocycles. The Labute approximate surface area is 188 Å². The molecular weight excluding hydrogens is 466 g/mol. The lowest BCUT2D eigenvalue weighted by atomic mass is 10.1. The summed E-state index contributed by atoms with van der Waals surface area (Å²) in [7, 11) is 0. The van der Waals surface area contributed by atoms with Crippen molar-refractivity contribution < 1.29 is 40.1 Å². The smallest absolute Gasteiger partial charge is 0.354 e. The predicted octanol–water partition coefficient (Wildman–Crippen LogP) is -6.62. The molecule has 18 heteroatoms. The Morgan fingerprint density at radius 1 is 0.941 bits per heavy atom. The molecule has 188 valence electrons. The van der Waals surface area contributed by atoms with E-state index in [1.165, 1.54) is 0 Å². The summed E-state index contributed by atoms with van der Waals surface area (Å²) in [6.45, 7) is -0.980. The highest BCUT2D eigenvalue weighted by Crippen LogP contribution is 2.28. The van der Waals surface area contributed by atoms with Gasteiger partial charge in [0.05, 0.1) is 13.2 Å². The topological polar surface area (TPSA) is 281 Å². The van der Waals surface area contributed by atoms with Crippen molar-refractivity contribution in [2.75, 3.05) is 18.9 Å². The Hall–Kier alpha value is -3.10. The number of nitrogens with one attached hydrogen (secondary N) is 1. The first-order valence-electron chi connectivity index (χ1n) is 9.72. The summed E-state index contributed by atoms with van der Waals surface area (Å²) in [6, 6.07) is 0. The monoisotopic (exact) mass is 489 g/mol. The lowest BCUT2D eigenvalue weighted by molar-refractivity contribution is -0.0618. The molecular formula is C16H23N7O11. The van der Waals surface area contributed by atoms with E-state index in [0.29, 0.717) is 4.68 Å². The molecule has 2 aromatic heterocycles. The maximum absolute atomic E-state index is 11.5. The van der Waals surface area contributed by atoms with Gasteiger partial charge in [0.2, 0.25) is 5.95 Å². The molecule has 2 aromatic rings. The van der Waals surface area contributed by atoms with Crippen LogP contribution in [0.5, 0.6) is 0 Å². The molecule has 2 aliphatic heterocycles. The van der Waals surface area contributed by atoms with Crippen LogP contribution >= 0.6 is 0 Å². The third-order valence-electron chi connectivity index (χ3n) is 5.03. The van der Waals surface area contributed by atoms with Gasteiger partial charge in [-0.2, -0.15) is 14.8 Å². The van der Waals surface area contributed by atoms with Crippen LogP contribution in [0.4, 0.5) is 5.95 Å². The van der Waals surface area contributed by atoms with Gasteiger partial charge < -0.3 is 45.8 Å². The van der Waals surface area contributed by atoms with E-state index in [2.05, 4.69) is 15.1 Å². The number of nitrogens with zero attached hydrogens (tertiary/aromatic N) is 5. The van der Waals surface area contributed by atoms with Gasteiger partial charge in [0.25, 0.3) is 5.56 Å². The number of H-pyrrole nitrogens is 1. The van der Waals surface area contributed by atoms with Gasteiger partial charge in [-0.3, -0.25) is 14.3 Å². The number of nitrogen functional groups attached to an aromatic ring is 1. The number of anilines is 1. The molecule has 0 aliphatic carbocycles. The average molecular weight is 489 g/mol. The first-order chi connectivity index (χ1) is 16.1. The Bertz CT molecular complexity index is 1150. The zero-order valence-corrected chi connectivity index (χ0v) is 17.2. The molecule has 0 saturated carbocycles. The third kappa shape index (κ3) is 5.03. The van der Waals surface area contributed by atoms with Crippen LogP contribution in [-0.2, 0) is 9.47 Å². The van der Waals surface area contributed by atoms with E-state index in [4.69, 9.17) is 25.4 Å². The quantitative estimate of drug-likeness (QED) is 0.198. The van der Waals surface area contributed by atoms with Gasteiger partial charge in [-0.05, 0) is 0 Å². The average Bonchev–Trinajstić information content (AvgIpc) is 3.24. The zero-order valence-electron chi connectivity index (χ0n) is 17.2. The number of nitrogens with two attached hydrogens (primary N) is 1. The standard InChI is InChI=1S/C8H12N4O5.C8H11N3O6/c9-7-10-2-12(8(16)11-7)6-5(15)4(14)3(1-13)17-6;12-2-3-5(14)6(15)7(17-3)11-8(16)10-4(13)1-9-11/h2-6,13-15H,1H2,(H2,9,11,16);1,3,5-7,12,14-15H,2H2,(H,10,13,16)/t3-,4-,5-,6-;3-,5-,6-,7-/m11/s1. The van der Waals surface area contributed by atoms with E-state index in [1.54, 1.807) is 0 Å². The molecule has 2 aliphatic rings. The Kier molecular flexibility index (Phi) is 7.84. The summed E-state index contributed by atoms with van der Waals surface area (Å²) < 4.78 is 11.8. The summed E-state index contributed by atoms with van der Waals surface area (Å²) in [4.78, 5) is 42.5. The Morgan fingerprint density at radius 2 is 1.50 bits per heavy atom. The van der Waals surface area contributed by atoms with Crippen molar-refractivity contribution in [2.24, 2.45) is 0 Å². The van der Waals surface area contributed by atoms with Crippen LogP contribution in [0.2, 0.25) is 0 Å². The van der Waals surface area contributed by atoms with Crippen LogP contribution in [0.1, 0.15) is 12.5 Å². The summed E-state index contributed by atoms with van der Waals surface area (Å²) in [6.07, 6.45) is -7.82. The van der Waals surface area contributed by atoms with Crippen molar-refractivity contribution in [1.29, 1.82) is 0 Å². The summed E-state index contributed by atoms with van der Waals surface area (Å²) in [5.41, 5.74) is 2.91. The van der Waals surface area contributed by atoms with Crippen molar-refractivity contribution >= 4 is 5.95 Å². The minimum atomic E-state index is -1.41. The highest BCUT2D eigenvalue weighted by Gasteiger charge is 2.45. The van der Waals surface area contributed by atoms with Gasteiger partial charge >= 0.3 is 11.4 Å². The van der Waals surface area contributed by atoms with Gasteiger partial charge in [0.1, 0.15) is 49.1 Å². The maximum atomic E-state index is 11.5. The summed E-state index contributed by atoms with van der Waals surface area (Å²) in [5, 5.41) is 59.6. The van der Waals surface area contributed by atoms with Gasteiger partial charge in [0.15, 0.2) is 12.5 Å². The van der Waals surface area contributed by atoms with E-state index in [0.717, 1.165) is 17.1 Å². The fraction of sp³-hybridized carbons (Fsp3) is 0.625. The number of hydrogen-bond donors (Lipinski definition) is 8. The molecule has 8 atom stereocenters. The zero-order chi connectivity index (χ0) is 25.2. The summed E-state index contributed by atoms with van der Waals surface area (Å²) >= 11 is 0. The van der Waals surface area contributed by atoms with Crippen LogP contribution in [0, 0.1) is 0 Å². The number of aromatic amines is 1. The molecule has 0 spiro atoms. The molecule has 9 N–H and O–H groups in total. The minimum Gasteiger partial charge on any atom is -0.394 e. The number of hydrogen-bond acceptors (Lipinski definition) is 15. The van der Waals surface area contributed by atoms with Crippen molar-refractivity contribution in [3.8, 4) is 0 Å². The van der Waals surface area contributed by atoms with Gasteiger partial charge in [-0.1, -0.05) is 0 Å². The third-order valence-corrected chi connectivity index (χ3v) is 5.03. The van der Waals surface area contributed by atoms with E-state index in [1.807, 2.05) is 4.98 Å². The largest absolute Gasteiger partial charge is 0.394 e. The molecule has 2 saturated heterocycles.